The molecule has 0 fully saturated rings. The van der Waals surface area contributed by atoms with Crippen molar-refractivity contribution in [2.45, 2.75) is 78.3 Å². The minimum atomic E-state index is -0.912. The molecule has 0 radical (unpaired) electrons. The summed E-state index contributed by atoms with van der Waals surface area (Å²) in [5.41, 5.74) is 2.23. The number of carbonyl (C=O) groups excluding carboxylic acids is 1. The molecule has 1 amide bonds. The summed E-state index contributed by atoms with van der Waals surface area (Å²) >= 11 is 0. The third-order valence-electron chi connectivity index (χ3n) is 6.38. The number of benzene rings is 1. The van der Waals surface area contributed by atoms with E-state index < -0.39 is 12.0 Å². The summed E-state index contributed by atoms with van der Waals surface area (Å²) < 4.78 is 7.81. The van der Waals surface area contributed by atoms with E-state index in [1.165, 1.54) is 0 Å². The Hall–Kier alpha value is -3.09. The first kappa shape index (κ1) is 24.6. The highest BCUT2D eigenvalue weighted by Crippen LogP contribution is 2.28. The number of imidazole rings is 1. The van der Waals surface area contributed by atoms with Crippen molar-refractivity contribution in [1.29, 1.82) is 0 Å². The first-order chi connectivity index (χ1) is 15.9. The number of carboxylic acids is 1. The van der Waals surface area contributed by atoms with E-state index >= 15 is 0 Å². The Morgan fingerprint density at radius 3 is 2.52 bits per heavy atom. The molecule has 0 saturated heterocycles. The minimum absolute atomic E-state index is 0.0884. The molecule has 2 atom stereocenters. The van der Waals surface area contributed by atoms with Gasteiger partial charge in [-0.1, -0.05) is 34.1 Å². The summed E-state index contributed by atoms with van der Waals surface area (Å²) in [5.74, 6) is 0.905. The zero-order valence-corrected chi connectivity index (χ0v) is 20.0. The van der Waals surface area contributed by atoms with Crippen molar-refractivity contribution in [1.82, 2.24) is 14.9 Å². The lowest BCUT2D eigenvalue weighted by Gasteiger charge is -2.20. The molecule has 2 unspecified atom stereocenters. The van der Waals surface area contributed by atoms with Crippen LogP contribution in [0.3, 0.4) is 0 Å². The molecule has 0 bridgehead atoms. The molecule has 0 spiro atoms. The second-order valence-electron chi connectivity index (χ2n) is 8.85. The number of hydrogen-bond donors (Lipinski definition) is 2. The van der Waals surface area contributed by atoms with E-state index in [1.54, 1.807) is 18.4 Å². The molecule has 178 valence electrons. The van der Waals surface area contributed by atoms with E-state index in [4.69, 9.17) is 9.40 Å². The molecular weight excluding hydrogens is 418 g/mol. The summed E-state index contributed by atoms with van der Waals surface area (Å²) in [4.78, 5) is 29.1. The van der Waals surface area contributed by atoms with Crippen LogP contribution < -0.4 is 5.32 Å². The molecule has 2 aromatic heterocycles. The Morgan fingerprint density at radius 2 is 1.91 bits per heavy atom. The molecule has 7 nitrogen and oxygen atoms in total. The normalized spacial score (nSPS) is 13.4. The van der Waals surface area contributed by atoms with Gasteiger partial charge in [0, 0.05) is 17.6 Å². The van der Waals surface area contributed by atoms with Crippen molar-refractivity contribution in [2.75, 3.05) is 0 Å². The van der Waals surface area contributed by atoms with Gasteiger partial charge in [0.15, 0.2) is 0 Å². The van der Waals surface area contributed by atoms with Crippen molar-refractivity contribution in [2.24, 2.45) is 5.92 Å². The maximum absolute atomic E-state index is 13.0. The van der Waals surface area contributed by atoms with Gasteiger partial charge in [-0.2, -0.15) is 0 Å². The number of amides is 1. The molecule has 0 aliphatic heterocycles. The predicted octanol–water partition coefficient (Wildman–Crippen LogP) is 5.59. The average Bonchev–Trinajstić information content (AvgIpc) is 3.42. The number of carbonyl (C=O) groups is 2. The summed E-state index contributed by atoms with van der Waals surface area (Å²) in [6.07, 6.45) is 5.67. The van der Waals surface area contributed by atoms with Gasteiger partial charge in [0.05, 0.1) is 30.1 Å². The van der Waals surface area contributed by atoms with Crippen LogP contribution in [-0.4, -0.2) is 32.6 Å². The second kappa shape index (κ2) is 11.2. The van der Waals surface area contributed by atoms with Crippen LogP contribution in [0.4, 0.5) is 0 Å². The average molecular weight is 454 g/mol. The molecular formula is C26H35N3O4. The number of carboxylic acid groups (broad SMARTS) is 1. The van der Waals surface area contributed by atoms with Gasteiger partial charge in [-0.05, 0) is 55.5 Å². The third kappa shape index (κ3) is 6.03. The molecule has 33 heavy (non-hydrogen) atoms. The van der Waals surface area contributed by atoms with E-state index in [-0.39, 0.29) is 12.3 Å². The molecule has 2 heterocycles. The van der Waals surface area contributed by atoms with E-state index in [2.05, 4.69) is 37.6 Å². The fourth-order valence-electron chi connectivity index (χ4n) is 4.37. The zero-order chi connectivity index (χ0) is 24.0. The number of furan rings is 1. The number of fused-ring (bicyclic) bond motifs is 1. The van der Waals surface area contributed by atoms with Crippen LogP contribution in [0.5, 0.6) is 0 Å². The highest BCUT2D eigenvalue weighted by molar-refractivity contribution is 5.97. The molecule has 0 aliphatic carbocycles. The van der Waals surface area contributed by atoms with Crippen LogP contribution in [-0.2, 0) is 11.2 Å². The Bertz CT molecular complexity index is 1070. The highest BCUT2D eigenvalue weighted by Gasteiger charge is 2.22. The van der Waals surface area contributed by atoms with Crippen LogP contribution in [0.2, 0.25) is 0 Å². The van der Waals surface area contributed by atoms with Gasteiger partial charge in [0.1, 0.15) is 11.6 Å². The fraction of sp³-hybridized carbons (Fsp3) is 0.500. The highest BCUT2D eigenvalue weighted by atomic mass is 16.4. The lowest BCUT2D eigenvalue weighted by molar-refractivity contribution is -0.137. The smallest absolute Gasteiger partial charge is 0.305 e. The molecule has 1 aromatic carbocycles. The topological polar surface area (TPSA) is 97.4 Å². The standard InChI is InChI=1S/C26H35N3O4/c1-5-17(4)13-19(15-25(30)31)27-26(32)18-10-11-23-22(14-18)28-24(16-21-9-8-12-33-21)29(23)20(6-2)7-3/h8-12,14,17,19-20H,5-7,13,15-16H2,1-4H3,(H,27,32)(H,30,31). The Labute approximate surface area is 195 Å². The van der Waals surface area contributed by atoms with Crippen LogP contribution in [0, 0.1) is 5.92 Å². The third-order valence-corrected chi connectivity index (χ3v) is 6.38. The van der Waals surface area contributed by atoms with Crippen molar-refractivity contribution in [3.63, 3.8) is 0 Å². The molecule has 7 heteroatoms. The maximum Gasteiger partial charge on any atom is 0.305 e. The second-order valence-corrected chi connectivity index (χ2v) is 8.85. The van der Waals surface area contributed by atoms with Gasteiger partial charge in [-0.15, -0.1) is 0 Å². The fourth-order valence-corrected chi connectivity index (χ4v) is 4.37. The van der Waals surface area contributed by atoms with Gasteiger partial charge in [0.2, 0.25) is 0 Å². The Morgan fingerprint density at radius 1 is 1.15 bits per heavy atom. The quantitative estimate of drug-likeness (QED) is 0.372. The number of aromatic nitrogens is 2. The van der Waals surface area contributed by atoms with E-state index in [0.717, 1.165) is 41.9 Å². The molecule has 0 saturated carbocycles. The van der Waals surface area contributed by atoms with Gasteiger partial charge < -0.3 is 19.4 Å². The number of aliphatic carboxylic acids is 1. The van der Waals surface area contributed by atoms with Crippen molar-refractivity contribution >= 4 is 22.9 Å². The summed E-state index contributed by atoms with van der Waals surface area (Å²) in [5, 5.41) is 12.2. The minimum Gasteiger partial charge on any atom is -0.481 e. The van der Waals surface area contributed by atoms with E-state index in [0.29, 0.717) is 30.4 Å². The SMILES string of the molecule is CCC(C)CC(CC(=O)O)NC(=O)c1ccc2c(c1)nc(Cc1ccco1)n2C(CC)CC. The molecule has 0 aliphatic rings. The molecule has 3 aromatic rings. The first-order valence-electron chi connectivity index (χ1n) is 11.9. The zero-order valence-electron chi connectivity index (χ0n) is 20.0. The van der Waals surface area contributed by atoms with Crippen molar-refractivity contribution in [3.8, 4) is 0 Å². The van der Waals surface area contributed by atoms with Gasteiger partial charge >= 0.3 is 5.97 Å². The summed E-state index contributed by atoms with van der Waals surface area (Å²) in [7, 11) is 0. The number of rotatable bonds is 12. The predicted molar refractivity (Wildman–Crippen MR) is 128 cm³/mol. The van der Waals surface area contributed by atoms with Crippen LogP contribution in [0.1, 0.15) is 87.8 Å². The Kier molecular flexibility index (Phi) is 8.31. The van der Waals surface area contributed by atoms with Gasteiger partial charge in [-0.3, -0.25) is 9.59 Å². The Balaban J connectivity index is 1.91. The van der Waals surface area contributed by atoms with Gasteiger partial charge in [-0.25, -0.2) is 4.98 Å². The van der Waals surface area contributed by atoms with Crippen LogP contribution in [0.25, 0.3) is 11.0 Å². The van der Waals surface area contributed by atoms with Crippen molar-refractivity contribution < 1.29 is 19.1 Å². The largest absolute Gasteiger partial charge is 0.481 e. The monoisotopic (exact) mass is 453 g/mol. The number of nitrogens with zero attached hydrogens (tertiary/aromatic N) is 2. The maximum atomic E-state index is 13.0. The van der Waals surface area contributed by atoms with E-state index in [1.807, 2.05) is 18.2 Å². The summed E-state index contributed by atoms with van der Waals surface area (Å²) in [6, 6.07) is 9.26. The van der Waals surface area contributed by atoms with Crippen LogP contribution in [0.15, 0.2) is 41.0 Å². The number of nitrogens with one attached hydrogen (secondary N) is 1. The lowest BCUT2D eigenvalue weighted by Crippen LogP contribution is -2.37. The molecule has 2 N–H and O–H groups in total. The van der Waals surface area contributed by atoms with Gasteiger partial charge in [0.25, 0.3) is 5.91 Å². The van der Waals surface area contributed by atoms with Crippen LogP contribution >= 0.6 is 0 Å². The molecule has 3 rings (SSSR count). The lowest BCUT2D eigenvalue weighted by atomic mass is 9.97. The number of hydrogen-bond acceptors (Lipinski definition) is 4. The van der Waals surface area contributed by atoms with Crippen molar-refractivity contribution in [3.05, 3.63) is 53.7 Å². The summed E-state index contributed by atoms with van der Waals surface area (Å²) in [6.45, 7) is 8.46. The first-order valence-corrected chi connectivity index (χ1v) is 11.9. The van der Waals surface area contributed by atoms with E-state index in [9.17, 15) is 14.7 Å².